The van der Waals surface area contributed by atoms with Crippen LogP contribution in [0.5, 0.6) is 5.75 Å². The number of nitrogens with zero attached hydrogens (tertiary/aromatic N) is 1. The van der Waals surface area contributed by atoms with Gasteiger partial charge in [-0.25, -0.2) is 0 Å². The highest BCUT2D eigenvalue weighted by Gasteiger charge is 2.23. The summed E-state index contributed by atoms with van der Waals surface area (Å²) in [6.07, 6.45) is 2.66. The first-order chi connectivity index (χ1) is 8.99. The van der Waals surface area contributed by atoms with Crippen molar-refractivity contribution in [3.63, 3.8) is 0 Å². The van der Waals surface area contributed by atoms with Crippen LogP contribution in [0.25, 0.3) is 0 Å². The first-order valence-electron chi connectivity index (χ1n) is 6.28. The molecule has 0 bridgehead atoms. The molecule has 19 heavy (non-hydrogen) atoms. The third-order valence-corrected chi connectivity index (χ3v) is 3.91. The van der Waals surface area contributed by atoms with Crippen LogP contribution in [0.4, 0.5) is 0 Å². The van der Waals surface area contributed by atoms with Gasteiger partial charge in [-0.2, -0.15) is 11.8 Å². The molecule has 1 aromatic rings. The van der Waals surface area contributed by atoms with Gasteiger partial charge in [-0.05, 0) is 31.4 Å². The largest absolute Gasteiger partial charge is 0.508 e. The van der Waals surface area contributed by atoms with Gasteiger partial charge in [0.15, 0.2) is 0 Å². The van der Waals surface area contributed by atoms with E-state index in [9.17, 15) is 9.90 Å². The molecule has 0 aliphatic heterocycles. The molecule has 1 aromatic carbocycles. The van der Waals surface area contributed by atoms with Gasteiger partial charge in [0, 0.05) is 12.6 Å². The van der Waals surface area contributed by atoms with Crippen LogP contribution in [0.2, 0.25) is 0 Å². The number of benzene rings is 1. The van der Waals surface area contributed by atoms with E-state index in [0.717, 1.165) is 11.3 Å². The second-order valence-electron chi connectivity index (χ2n) is 4.57. The molecule has 0 heterocycles. The summed E-state index contributed by atoms with van der Waals surface area (Å²) >= 11 is 1.68. The molecule has 1 amide bonds. The molecular formula is C14H22N2O2S. The predicted octanol–water partition coefficient (Wildman–Crippen LogP) is 1.99. The molecule has 1 unspecified atom stereocenters. The first kappa shape index (κ1) is 15.9. The average molecular weight is 282 g/mol. The average Bonchev–Trinajstić information content (AvgIpc) is 2.42. The highest BCUT2D eigenvalue weighted by Crippen LogP contribution is 2.27. The molecule has 3 N–H and O–H groups in total. The van der Waals surface area contributed by atoms with Gasteiger partial charge in [-0.3, -0.25) is 4.79 Å². The molecule has 0 aliphatic carbocycles. The lowest BCUT2D eigenvalue weighted by Crippen LogP contribution is -2.43. The number of phenols is 1. The number of para-hydroxylation sites is 1. The number of likely N-dealkylation sites (N-methyl/N-ethyl adjacent to an activating group) is 1. The van der Waals surface area contributed by atoms with Gasteiger partial charge in [-0.1, -0.05) is 18.2 Å². The number of phenolic OH excluding ortho intramolecular Hbond substituents is 1. The van der Waals surface area contributed by atoms with Crippen LogP contribution < -0.4 is 5.73 Å². The van der Waals surface area contributed by atoms with E-state index < -0.39 is 6.04 Å². The minimum Gasteiger partial charge on any atom is -0.508 e. The second kappa shape index (κ2) is 7.40. The van der Waals surface area contributed by atoms with Gasteiger partial charge < -0.3 is 15.7 Å². The molecule has 4 nitrogen and oxygen atoms in total. The minimum absolute atomic E-state index is 0.0928. The lowest BCUT2D eigenvalue weighted by molar-refractivity contribution is -0.133. The fraction of sp³-hybridized carbons (Fsp3) is 0.500. The number of amides is 1. The number of carbonyl (C=O) groups is 1. The summed E-state index contributed by atoms with van der Waals surface area (Å²) in [5.41, 5.74) is 6.62. The van der Waals surface area contributed by atoms with Crippen molar-refractivity contribution in [2.24, 2.45) is 5.73 Å². The van der Waals surface area contributed by atoms with E-state index in [2.05, 4.69) is 0 Å². The monoisotopic (exact) mass is 282 g/mol. The third kappa shape index (κ3) is 4.14. The zero-order valence-corrected chi connectivity index (χ0v) is 12.5. The number of hydrogen-bond acceptors (Lipinski definition) is 4. The summed E-state index contributed by atoms with van der Waals surface area (Å²) in [6, 6.07) is 6.36. The van der Waals surface area contributed by atoms with Crippen molar-refractivity contribution in [1.82, 2.24) is 4.90 Å². The highest BCUT2D eigenvalue weighted by atomic mass is 32.2. The van der Waals surface area contributed by atoms with Crippen molar-refractivity contribution in [2.45, 2.75) is 25.4 Å². The lowest BCUT2D eigenvalue weighted by Gasteiger charge is -2.28. The summed E-state index contributed by atoms with van der Waals surface area (Å²) in [4.78, 5) is 13.8. The number of aromatic hydroxyl groups is 1. The van der Waals surface area contributed by atoms with Gasteiger partial charge in [0.05, 0.1) is 12.1 Å². The van der Waals surface area contributed by atoms with Gasteiger partial charge in [0.2, 0.25) is 5.91 Å². The predicted molar refractivity (Wildman–Crippen MR) is 80.3 cm³/mol. The van der Waals surface area contributed by atoms with Crippen LogP contribution in [-0.2, 0) is 4.79 Å². The summed E-state index contributed by atoms with van der Waals surface area (Å²) in [6.45, 7) is 1.88. The Balaban J connectivity index is 2.74. The Bertz CT molecular complexity index is 426. The van der Waals surface area contributed by atoms with Gasteiger partial charge in [0.1, 0.15) is 5.75 Å². The van der Waals surface area contributed by atoms with Crippen molar-refractivity contribution >= 4 is 17.7 Å². The number of rotatable bonds is 6. The van der Waals surface area contributed by atoms with E-state index in [0.29, 0.717) is 6.42 Å². The molecule has 0 fully saturated rings. The number of hydrogen-bond donors (Lipinski definition) is 2. The second-order valence-corrected chi connectivity index (χ2v) is 5.56. The quantitative estimate of drug-likeness (QED) is 0.837. The van der Waals surface area contributed by atoms with Crippen LogP contribution >= 0.6 is 11.8 Å². The lowest BCUT2D eigenvalue weighted by atomic mass is 10.1. The zero-order chi connectivity index (χ0) is 14.4. The normalized spacial score (nSPS) is 13.9. The topological polar surface area (TPSA) is 66.6 Å². The van der Waals surface area contributed by atoms with Crippen LogP contribution in [0.15, 0.2) is 24.3 Å². The van der Waals surface area contributed by atoms with Crippen molar-refractivity contribution in [3.05, 3.63) is 29.8 Å². The van der Waals surface area contributed by atoms with Gasteiger partial charge in [-0.15, -0.1) is 0 Å². The van der Waals surface area contributed by atoms with E-state index in [1.165, 1.54) is 0 Å². The standard InChI is InChI=1S/C14H22N2O2S/c1-10(11-6-4-5-7-13(11)17)16(2)14(18)12(15)8-9-19-3/h4-7,10,12,17H,8-9,15H2,1-3H3/t10?,12-/m0/s1. The van der Waals surface area contributed by atoms with Crippen molar-refractivity contribution in [1.29, 1.82) is 0 Å². The van der Waals surface area contributed by atoms with E-state index in [1.807, 2.05) is 25.3 Å². The molecule has 0 spiro atoms. The molecule has 1 rings (SSSR count). The molecule has 2 atom stereocenters. The fourth-order valence-electron chi connectivity index (χ4n) is 1.87. The molecular weight excluding hydrogens is 260 g/mol. The van der Waals surface area contributed by atoms with Crippen molar-refractivity contribution in [2.75, 3.05) is 19.1 Å². The van der Waals surface area contributed by atoms with E-state index in [4.69, 9.17) is 5.73 Å². The maximum atomic E-state index is 12.2. The van der Waals surface area contributed by atoms with Crippen molar-refractivity contribution in [3.8, 4) is 5.75 Å². The zero-order valence-electron chi connectivity index (χ0n) is 11.7. The summed E-state index contributed by atoms with van der Waals surface area (Å²) in [7, 11) is 1.72. The molecule has 0 saturated carbocycles. The molecule has 0 saturated heterocycles. The Morgan fingerprint density at radius 3 is 2.68 bits per heavy atom. The van der Waals surface area contributed by atoms with Crippen LogP contribution in [0.1, 0.15) is 24.9 Å². The number of nitrogens with two attached hydrogens (primary N) is 1. The molecule has 106 valence electrons. The summed E-state index contributed by atoms with van der Waals surface area (Å²) in [5, 5.41) is 9.82. The Labute approximate surface area is 119 Å². The Morgan fingerprint density at radius 2 is 2.11 bits per heavy atom. The van der Waals surface area contributed by atoms with E-state index in [-0.39, 0.29) is 17.7 Å². The van der Waals surface area contributed by atoms with Crippen LogP contribution in [-0.4, -0.2) is 41.0 Å². The Morgan fingerprint density at radius 1 is 1.47 bits per heavy atom. The fourth-order valence-corrected chi connectivity index (χ4v) is 2.36. The molecule has 0 radical (unpaired) electrons. The maximum absolute atomic E-state index is 12.2. The van der Waals surface area contributed by atoms with Gasteiger partial charge in [0.25, 0.3) is 0 Å². The number of carbonyl (C=O) groups excluding carboxylic acids is 1. The van der Waals surface area contributed by atoms with E-state index in [1.54, 1.807) is 35.8 Å². The Hall–Kier alpha value is -1.20. The molecule has 0 aromatic heterocycles. The van der Waals surface area contributed by atoms with Crippen LogP contribution in [0.3, 0.4) is 0 Å². The summed E-state index contributed by atoms with van der Waals surface area (Å²) in [5.74, 6) is 0.975. The third-order valence-electron chi connectivity index (χ3n) is 3.27. The van der Waals surface area contributed by atoms with Crippen molar-refractivity contribution < 1.29 is 9.90 Å². The maximum Gasteiger partial charge on any atom is 0.239 e. The summed E-state index contributed by atoms with van der Waals surface area (Å²) < 4.78 is 0. The minimum atomic E-state index is -0.481. The highest BCUT2D eigenvalue weighted by molar-refractivity contribution is 7.98. The number of thioether (sulfide) groups is 1. The smallest absolute Gasteiger partial charge is 0.239 e. The Kier molecular flexibility index (Phi) is 6.18. The first-order valence-corrected chi connectivity index (χ1v) is 7.67. The molecule has 0 aliphatic rings. The SMILES string of the molecule is CSCC[C@H](N)C(=O)N(C)C(C)c1ccccc1O. The van der Waals surface area contributed by atoms with E-state index >= 15 is 0 Å². The van der Waals surface area contributed by atoms with Gasteiger partial charge >= 0.3 is 0 Å². The van der Waals surface area contributed by atoms with Crippen LogP contribution in [0, 0.1) is 0 Å². The molecule has 5 heteroatoms.